The molecule has 8 rings (SSSR count). The molecule has 2 aromatic heterocycles. The van der Waals surface area contributed by atoms with Crippen LogP contribution in [-0.2, 0) is 12.4 Å². The van der Waals surface area contributed by atoms with Crippen LogP contribution in [0.25, 0.3) is 21.8 Å². The number of para-hydroxylation sites is 1. The number of halogens is 7. The number of rotatable bonds is 15. The topological polar surface area (TPSA) is 193 Å². The van der Waals surface area contributed by atoms with Crippen LogP contribution in [0, 0.1) is 11.7 Å². The summed E-state index contributed by atoms with van der Waals surface area (Å²) < 4.78 is 102. The SMILES string of the molecule is CC[C@@H](CO)NCCN[C@@H](CC)CO.COc1c(N2C[C@@H]3CCCN[C@@H]3C2)c(F)cc2c(=O)c(C(=O)O)cn(C3CC3)c12.OC(c1cc(C(F)(F)F)nc2c(C(F)(F)F)cccc12)C1CCCCN1. The van der Waals surface area contributed by atoms with Gasteiger partial charge in [-0.25, -0.2) is 14.2 Å². The Hall–Kier alpha value is -4.64. The van der Waals surface area contributed by atoms with E-state index in [9.17, 15) is 46.1 Å². The van der Waals surface area contributed by atoms with Crippen molar-refractivity contribution in [2.24, 2.45) is 5.92 Å². The lowest BCUT2D eigenvalue weighted by atomic mass is 9.91. The highest BCUT2D eigenvalue weighted by Crippen LogP contribution is 2.45. The average molecular weight is 984 g/mol. The molecule has 21 heteroatoms. The molecule has 8 N–H and O–H groups in total. The van der Waals surface area contributed by atoms with Gasteiger partial charge in [0, 0.05) is 68.0 Å². The number of aromatic nitrogens is 2. The van der Waals surface area contributed by atoms with Crippen LogP contribution in [0.1, 0.15) is 111 Å². The Morgan fingerprint density at radius 1 is 0.899 bits per heavy atom. The minimum absolute atomic E-state index is 0.0599. The van der Waals surface area contributed by atoms with E-state index in [1.165, 1.54) is 25.4 Å². The second-order valence-electron chi connectivity index (χ2n) is 18.1. The Morgan fingerprint density at radius 3 is 2.10 bits per heavy atom. The largest absolute Gasteiger partial charge is 0.492 e. The van der Waals surface area contributed by atoms with Gasteiger partial charge >= 0.3 is 18.3 Å². The third-order valence-electron chi connectivity index (χ3n) is 13.4. The third kappa shape index (κ3) is 12.8. The molecular formula is C48H64F7N7O7. The van der Waals surface area contributed by atoms with Crippen LogP contribution in [0.5, 0.6) is 5.75 Å². The average Bonchev–Trinajstić information content (AvgIpc) is 4.09. The second kappa shape index (κ2) is 23.5. The van der Waals surface area contributed by atoms with E-state index >= 15 is 4.39 Å². The number of fused-ring (bicyclic) bond motifs is 3. The first-order valence-corrected chi connectivity index (χ1v) is 23.7. The number of aromatic carboxylic acids is 1. The summed E-state index contributed by atoms with van der Waals surface area (Å²) in [7, 11) is 1.48. The molecule has 14 nitrogen and oxygen atoms in total. The van der Waals surface area contributed by atoms with Gasteiger partial charge in [-0.15, -0.1) is 0 Å². The predicted molar refractivity (Wildman–Crippen MR) is 247 cm³/mol. The number of carboxylic acid groups (broad SMARTS) is 1. The van der Waals surface area contributed by atoms with Gasteiger partial charge in [0.1, 0.15) is 16.9 Å². The number of alkyl halides is 6. The number of piperidine rings is 2. The Bertz CT molecular complexity index is 2390. The normalized spacial score (nSPS) is 20.9. The molecule has 4 aromatic rings. The number of hydrogen-bond acceptors (Lipinski definition) is 12. The first-order chi connectivity index (χ1) is 32.9. The van der Waals surface area contributed by atoms with Crippen molar-refractivity contribution in [3.8, 4) is 5.75 Å². The van der Waals surface area contributed by atoms with E-state index in [2.05, 4.69) is 26.3 Å². The maximum absolute atomic E-state index is 15.3. The molecule has 0 spiro atoms. The van der Waals surface area contributed by atoms with E-state index in [0.717, 1.165) is 83.6 Å². The Labute approximate surface area is 395 Å². The Morgan fingerprint density at radius 2 is 1.57 bits per heavy atom. The summed E-state index contributed by atoms with van der Waals surface area (Å²) in [6.07, 6.45) is -1.72. The van der Waals surface area contributed by atoms with Gasteiger partial charge in [-0.3, -0.25) is 4.79 Å². The zero-order chi connectivity index (χ0) is 50.2. The fraction of sp³-hybridized carbons (Fsp3) is 0.604. The lowest BCUT2D eigenvalue weighted by Crippen LogP contribution is -2.40. The van der Waals surface area contributed by atoms with Crippen molar-refractivity contribution in [1.29, 1.82) is 0 Å². The molecule has 382 valence electrons. The van der Waals surface area contributed by atoms with Crippen LogP contribution in [-0.4, -0.2) is 120 Å². The standard InChI is InChI=1S/C21H24FN3O4.C17H16F6N2O.C10H24N2O2/c1-29-20-17-13(19(26)14(21(27)28)9-25(17)12-4-5-12)7-15(22)18(20)24-8-11-3-2-6-23-16(11)10-24;18-16(19,20)11-5-3-4-9-10(15(26)12-6-1-2-7-24-12)8-13(17(21,22)23)25-14(9)11;1-3-9(7-13)11-5-6-12-10(4-2)8-14/h7,9,11-12,16,23H,2-6,8,10H2,1H3,(H,27,28);3-5,8,12,15,24,26H,1-2,6-7H2;9-14H,3-8H2,1-2H3/t11-,16+;;9-,10-/m0.0/s1. The highest BCUT2D eigenvalue weighted by atomic mass is 19.4. The van der Waals surface area contributed by atoms with Crippen molar-refractivity contribution in [3.63, 3.8) is 0 Å². The van der Waals surface area contributed by atoms with E-state index in [0.29, 0.717) is 60.6 Å². The molecule has 1 aliphatic carbocycles. The van der Waals surface area contributed by atoms with E-state index in [-0.39, 0.29) is 53.2 Å². The number of anilines is 1. The van der Waals surface area contributed by atoms with Gasteiger partial charge < -0.3 is 55.9 Å². The lowest BCUT2D eigenvalue weighted by molar-refractivity contribution is -0.142. The number of carboxylic acids is 1. The summed E-state index contributed by atoms with van der Waals surface area (Å²) in [5.41, 5.74) is -3.87. The first kappa shape index (κ1) is 53.7. The third-order valence-corrected chi connectivity index (χ3v) is 13.4. The van der Waals surface area contributed by atoms with E-state index in [1.807, 2.05) is 18.7 Å². The highest BCUT2D eigenvalue weighted by Gasteiger charge is 2.40. The van der Waals surface area contributed by atoms with Gasteiger partial charge in [-0.2, -0.15) is 26.3 Å². The zero-order valence-electron chi connectivity index (χ0n) is 39.0. The molecule has 5 heterocycles. The van der Waals surface area contributed by atoms with E-state index in [4.69, 9.17) is 14.9 Å². The van der Waals surface area contributed by atoms with Crippen molar-refractivity contribution >= 4 is 33.5 Å². The second-order valence-corrected chi connectivity index (χ2v) is 18.1. The van der Waals surface area contributed by atoms with Crippen molar-refractivity contribution in [1.82, 2.24) is 30.8 Å². The molecule has 0 amide bonds. The maximum atomic E-state index is 15.3. The number of aliphatic hydroxyl groups is 3. The Kier molecular flexibility index (Phi) is 18.3. The molecule has 3 aliphatic heterocycles. The molecule has 0 radical (unpaired) electrons. The quantitative estimate of drug-likeness (QED) is 0.0475. The van der Waals surface area contributed by atoms with Crippen molar-refractivity contribution < 1.29 is 60.7 Å². The van der Waals surface area contributed by atoms with Crippen LogP contribution < -0.4 is 36.3 Å². The number of nitrogens with one attached hydrogen (secondary N) is 4. The minimum atomic E-state index is -4.93. The molecule has 4 aliphatic rings. The minimum Gasteiger partial charge on any atom is -0.492 e. The number of nitrogens with zero attached hydrogens (tertiary/aromatic N) is 3. The molecule has 2 unspecified atom stereocenters. The van der Waals surface area contributed by atoms with Crippen LogP contribution in [0.15, 0.2) is 41.3 Å². The van der Waals surface area contributed by atoms with Gasteiger partial charge in [0.05, 0.1) is 48.4 Å². The zero-order valence-corrected chi connectivity index (χ0v) is 39.0. The fourth-order valence-corrected chi connectivity index (χ4v) is 9.44. The van der Waals surface area contributed by atoms with Crippen LogP contribution in [0.4, 0.5) is 36.4 Å². The molecule has 2 aromatic carbocycles. The number of pyridine rings is 2. The van der Waals surface area contributed by atoms with Crippen LogP contribution >= 0.6 is 0 Å². The first-order valence-electron chi connectivity index (χ1n) is 23.7. The monoisotopic (exact) mass is 983 g/mol. The number of ether oxygens (including phenoxy) is 1. The van der Waals surface area contributed by atoms with Gasteiger partial charge in [-0.05, 0) is 94.1 Å². The molecule has 0 bridgehead atoms. The van der Waals surface area contributed by atoms with Crippen molar-refractivity contribution in [2.75, 3.05) is 64.5 Å². The number of benzene rings is 2. The number of hydrogen-bond donors (Lipinski definition) is 8. The van der Waals surface area contributed by atoms with Crippen molar-refractivity contribution in [2.45, 2.75) is 120 Å². The van der Waals surface area contributed by atoms with Crippen molar-refractivity contribution in [3.05, 3.63) is 75.0 Å². The lowest BCUT2D eigenvalue weighted by Gasteiger charge is -2.29. The Balaban J connectivity index is 0.000000181. The smallest absolute Gasteiger partial charge is 0.433 e. The molecule has 4 fully saturated rings. The predicted octanol–water partition coefficient (Wildman–Crippen LogP) is 6.53. The highest BCUT2D eigenvalue weighted by molar-refractivity contribution is 5.97. The van der Waals surface area contributed by atoms with Gasteiger partial charge in [0.15, 0.2) is 11.6 Å². The van der Waals surface area contributed by atoms with Crippen LogP contribution in [0.2, 0.25) is 0 Å². The molecule has 1 saturated carbocycles. The summed E-state index contributed by atoms with van der Waals surface area (Å²) in [4.78, 5) is 29.6. The summed E-state index contributed by atoms with van der Waals surface area (Å²) in [5, 5.41) is 50.8. The molecule has 69 heavy (non-hydrogen) atoms. The van der Waals surface area contributed by atoms with Gasteiger partial charge in [-0.1, -0.05) is 32.4 Å². The van der Waals surface area contributed by atoms with Gasteiger partial charge in [0.2, 0.25) is 5.43 Å². The fourth-order valence-electron chi connectivity index (χ4n) is 9.44. The van der Waals surface area contributed by atoms with E-state index in [1.54, 1.807) is 4.57 Å². The summed E-state index contributed by atoms with van der Waals surface area (Å²) in [6, 6.07) is 5.17. The molecule has 6 atom stereocenters. The van der Waals surface area contributed by atoms with E-state index < -0.39 is 58.5 Å². The molecular weight excluding hydrogens is 920 g/mol. The van der Waals surface area contributed by atoms with Crippen LogP contribution in [0.3, 0.4) is 0 Å². The summed E-state index contributed by atoms with van der Waals surface area (Å²) in [5.74, 6) is -1.07. The maximum Gasteiger partial charge on any atom is 0.433 e. The summed E-state index contributed by atoms with van der Waals surface area (Å²) >= 11 is 0. The summed E-state index contributed by atoms with van der Waals surface area (Å²) in [6.45, 7) is 9.11. The van der Waals surface area contributed by atoms with Gasteiger partial charge in [0.25, 0.3) is 0 Å². The number of aliphatic hydroxyl groups excluding tert-OH is 3. The molecule has 3 saturated heterocycles. The number of carbonyl (C=O) groups is 1. The number of methoxy groups -OCH3 is 1.